The molecule has 42 heavy (non-hydrogen) atoms. The highest BCUT2D eigenvalue weighted by Gasteiger charge is 2.34. The zero-order valence-electron chi connectivity index (χ0n) is 22.4. The third kappa shape index (κ3) is 5.30. The molecule has 13 heteroatoms. The van der Waals surface area contributed by atoms with Gasteiger partial charge in [-0.2, -0.15) is 13.2 Å². The lowest BCUT2D eigenvalue weighted by Gasteiger charge is -2.24. The van der Waals surface area contributed by atoms with Crippen molar-refractivity contribution < 1.29 is 32.0 Å². The Bertz CT molecular complexity index is 1950. The molecule has 0 saturated carbocycles. The van der Waals surface area contributed by atoms with E-state index >= 15 is 0 Å². The molecule has 0 spiro atoms. The van der Waals surface area contributed by atoms with Crippen molar-refractivity contribution in [2.45, 2.75) is 33.0 Å². The number of furan rings is 1. The number of hydrogen-bond donors (Lipinski definition) is 0. The maximum absolute atomic E-state index is 13.8. The molecule has 0 unspecified atom stereocenters. The number of carbonyl (C=O) groups is 1. The van der Waals surface area contributed by atoms with E-state index in [2.05, 4.69) is 4.99 Å². The number of allylic oxidation sites excluding steroid dienone is 1. The summed E-state index contributed by atoms with van der Waals surface area (Å²) in [6, 6.07) is 11.1. The summed E-state index contributed by atoms with van der Waals surface area (Å²) in [4.78, 5) is 42.6. The number of thiazole rings is 1. The Labute approximate surface area is 239 Å². The zero-order valence-corrected chi connectivity index (χ0v) is 23.2. The number of nitro benzene ring substituents is 1. The topological polar surface area (TPSA) is 117 Å². The summed E-state index contributed by atoms with van der Waals surface area (Å²) >= 11 is 1.01. The van der Waals surface area contributed by atoms with Crippen LogP contribution in [0.2, 0.25) is 0 Å². The molecule has 216 valence electrons. The minimum absolute atomic E-state index is 0.0630. The van der Waals surface area contributed by atoms with E-state index in [4.69, 9.17) is 9.15 Å². The van der Waals surface area contributed by atoms with E-state index < -0.39 is 34.2 Å². The largest absolute Gasteiger partial charge is 0.463 e. The van der Waals surface area contributed by atoms with Gasteiger partial charge in [0.15, 0.2) is 4.80 Å². The molecule has 1 aliphatic rings. The van der Waals surface area contributed by atoms with Crippen molar-refractivity contribution >= 4 is 29.1 Å². The summed E-state index contributed by atoms with van der Waals surface area (Å²) in [6.45, 7) is 4.86. The van der Waals surface area contributed by atoms with Crippen LogP contribution in [0, 0.1) is 17.0 Å². The van der Waals surface area contributed by atoms with Gasteiger partial charge in [0.2, 0.25) is 0 Å². The van der Waals surface area contributed by atoms with Crippen LogP contribution in [0.4, 0.5) is 18.9 Å². The Morgan fingerprint density at radius 2 is 1.95 bits per heavy atom. The third-order valence-electron chi connectivity index (χ3n) is 6.64. The number of hydrogen-bond acceptors (Lipinski definition) is 8. The molecule has 1 aliphatic heterocycles. The molecule has 0 aliphatic carbocycles. The van der Waals surface area contributed by atoms with E-state index in [0.29, 0.717) is 16.8 Å². The quantitative estimate of drug-likeness (QED) is 0.169. The first kappa shape index (κ1) is 28.7. The number of aryl methyl sites for hydroxylation is 1. The fraction of sp³-hybridized carbons (Fsp3) is 0.207. The molecule has 1 atom stereocenters. The molecule has 4 aromatic rings. The van der Waals surface area contributed by atoms with Crippen LogP contribution in [0.15, 0.2) is 80.1 Å². The molecule has 5 rings (SSSR count). The van der Waals surface area contributed by atoms with E-state index in [-0.39, 0.29) is 44.3 Å². The molecule has 0 bridgehead atoms. The van der Waals surface area contributed by atoms with Crippen molar-refractivity contribution in [1.82, 2.24) is 4.57 Å². The number of aromatic nitrogens is 1. The number of fused-ring (bicyclic) bond motifs is 1. The third-order valence-corrected chi connectivity index (χ3v) is 7.62. The SMILES string of the molecule is CCOC(=O)C1=C(C)N=c2s/c(=C/c3ccc(-c4cccc(C(F)(F)F)c4)o3)c(=O)n2[C@H]1c1ccc(C)c([N+](=O)[O-])c1. The van der Waals surface area contributed by atoms with E-state index in [9.17, 15) is 32.9 Å². The lowest BCUT2D eigenvalue weighted by molar-refractivity contribution is -0.385. The lowest BCUT2D eigenvalue weighted by Crippen LogP contribution is -2.40. The van der Waals surface area contributed by atoms with Crippen LogP contribution in [0.3, 0.4) is 0 Å². The molecule has 0 saturated heterocycles. The second-order valence-electron chi connectivity index (χ2n) is 9.39. The number of alkyl halides is 3. The number of ether oxygens (including phenoxy) is 1. The Morgan fingerprint density at radius 3 is 2.64 bits per heavy atom. The highest BCUT2D eigenvalue weighted by molar-refractivity contribution is 7.07. The molecular formula is C29H22F3N3O6S. The molecule has 0 N–H and O–H groups in total. The standard InChI is InChI=1S/C29H22F3N3O6S/c1-4-40-27(37)24-16(3)33-28-34(25(24)18-9-8-15(2)21(13-18)35(38)39)26(36)23(42-28)14-20-10-11-22(41-20)17-6-5-7-19(12-17)29(30,31)32/h5-14,25H,4H2,1-3H3/b23-14+/t25-/m0/s1. The predicted octanol–water partition coefficient (Wildman–Crippen LogP) is 5.29. The van der Waals surface area contributed by atoms with E-state index in [0.717, 1.165) is 23.5 Å². The van der Waals surface area contributed by atoms with Crippen LogP contribution >= 0.6 is 11.3 Å². The van der Waals surface area contributed by atoms with Gasteiger partial charge in [-0.25, -0.2) is 9.79 Å². The minimum atomic E-state index is -4.52. The monoisotopic (exact) mass is 597 g/mol. The zero-order chi connectivity index (χ0) is 30.3. The van der Waals surface area contributed by atoms with Crippen molar-refractivity contribution in [3.8, 4) is 11.3 Å². The molecule has 2 aromatic carbocycles. The Balaban J connectivity index is 1.64. The Kier molecular flexibility index (Phi) is 7.45. The van der Waals surface area contributed by atoms with Gasteiger partial charge in [0, 0.05) is 23.3 Å². The second-order valence-corrected chi connectivity index (χ2v) is 10.4. The summed E-state index contributed by atoms with van der Waals surface area (Å²) in [7, 11) is 0. The maximum atomic E-state index is 13.8. The normalized spacial score (nSPS) is 15.4. The number of carbonyl (C=O) groups excluding carboxylic acids is 1. The van der Waals surface area contributed by atoms with Crippen molar-refractivity contribution in [2.75, 3.05) is 6.61 Å². The van der Waals surface area contributed by atoms with Crippen LogP contribution in [-0.4, -0.2) is 22.1 Å². The van der Waals surface area contributed by atoms with E-state index in [1.54, 1.807) is 32.9 Å². The molecule has 0 radical (unpaired) electrons. The van der Waals surface area contributed by atoms with Crippen LogP contribution in [0.5, 0.6) is 0 Å². The Hall–Kier alpha value is -4.78. The van der Waals surface area contributed by atoms with Gasteiger partial charge in [-0.3, -0.25) is 19.5 Å². The van der Waals surface area contributed by atoms with Crippen LogP contribution in [0.25, 0.3) is 17.4 Å². The van der Waals surface area contributed by atoms with Crippen LogP contribution < -0.4 is 14.9 Å². The highest BCUT2D eigenvalue weighted by atomic mass is 32.1. The first-order chi connectivity index (χ1) is 19.9. The van der Waals surface area contributed by atoms with Crippen LogP contribution in [0.1, 0.15) is 42.3 Å². The van der Waals surface area contributed by atoms with Gasteiger partial charge in [0.1, 0.15) is 11.5 Å². The van der Waals surface area contributed by atoms with Crippen molar-refractivity contribution in [3.05, 3.63) is 118 Å². The summed E-state index contributed by atoms with van der Waals surface area (Å²) in [5.74, 6) is -0.333. The first-order valence-electron chi connectivity index (χ1n) is 12.6. The molecule has 2 aromatic heterocycles. The number of nitro groups is 1. The van der Waals surface area contributed by atoms with Crippen molar-refractivity contribution in [1.29, 1.82) is 0 Å². The van der Waals surface area contributed by atoms with Gasteiger partial charge < -0.3 is 9.15 Å². The van der Waals surface area contributed by atoms with Gasteiger partial charge in [0.25, 0.3) is 11.2 Å². The molecule has 0 fully saturated rings. The van der Waals surface area contributed by atoms with Gasteiger partial charge in [-0.05, 0) is 50.6 Å². The van der Waals surface area contributed by atoms with Crippen molar-refractivity contribution in [3.63, 3.8) is 0 Å². The number of benzene rings is 2. The summed E-state index contributed by atoms with van der Waals surface area (Å²) in [5.41, 5.74) is -0.246. The van der Waals surface area contributed by atoms with Gasteiger partial charge in [0.05, 0.1) is 38.9 Å². The fourth-order valence-corrected chi connectivity index (χ4v) is 5.69. The Morgan fingerprint density at radius 1 is 1.19 bits per heavy atom. The van der Waals surface area contributed by atoms with Crippen LogP contribution in [-0.2, 0) is 15.7 Å². The molecule has 0 amide bonds. The summed E-state index contributed by atoms with van der Waals surface area (Å²) < 4.78 is 52.0. The predicted molar refractivity (Wildman–Crippen MR) is 147 cm³/mol. The average Bonchev–Trinajstić information content (AvgIpc) is 3.52. The average molecular weight is 598 g/mol. The number of nitrogens with zero attached hydrogens (tertiary/aromatic N) is 3. The van der Waals surface area contributed by atoms with Gasteiger partial charge in [-0.1, -0.05) is 35.6 Å². The number of rotatable bonds is 6. The summed E-state index contributed by atoms with van der Waals surface area (Å²) in [5, 5.41) is 11.7. The summed E-state index contributed by atoms with van der Waals surface area (Å²) in [6.07, 6.45) is -3.09. The van der Waals surface area contributed by atoms with Crippen molar-refractivity contribution in [2.24, 2.45) is 4.99 Å². The smallest absolute Gasteiger partial charge is 0.416 e. The molecular weight excluding hydrogens is 575 g/mol. The van der Waals surface area contributed by atoms with E-state index in [1.165, 1.54) is 41.0 Å². The van der Waals surface area contributed by atoms with Gasteiger partial charge in [-0.15, -0.1) is 0 Å². The second kappa shape index (κ2) is 10.9. The maximum Gasteiger partial charge on any atom is 0.416 e. The number of esters is 1. The van der Waals surface area contributed by atoms with Gasteiger partial charge >= 0.3 is 12.1 Å². The van der Waals surface area contributed by atoms with E-state index in [1.807, 2.05) is 0 Å². The highest BCUT2D eigenvalue weighted by Crippen LogP contribution is 2.34. The fourth-order valence-electron chi connectivity index (χ4n) is 4.66. The molecule has 9 nitrogen and oxygen atoms in total. The lowest BCUT2D eigenvalue weighted by atomic mass is 9.94. The minimum Gasteiger partial charge on any atom is -0.463 e. The number of halogens is 3. The molecule has 3 heterocycles. The first-order valence-corrected chi connectivity index (χ1v) is 13.4.